The van der Waals surface area contributed by atoms with E-state index in [1.165, 1.54) is 4.90 Å². The summed E-state index contributed by atoms with van der Waals surface area (Å²) in [5.41, 5.74) is 2.06. The first-order valence-electron chi connectivity index (χ1n) is 10.5. The molecule has 1 fully saturated rings. The number of quaternary nitrogens is 1. The number of carbonyl (C=O) groups excluding carboxylic acids is 1. The zero-order chi connectivity index (χ0) is 21.0. The van der Waals surface area contributed by atoms with Crippen molar-refractivity contribution in [2.45, 2.75) is 45.8 Å². The Labute approximate surface area is 174 Å². The lowest BCUT2D eigenvalue weighted by Crippen LogP contribution is -3.19. The van der Waals surface area contributed by atoms with Crippen molar-refractivity contribution >= 4 is 11.6 Å². The molecule has 1 saturated heterocycles. The van der Waals surface area contributed by atoms with Gasteiger partial charge in [-0.2, -0.15) is 0 Å². The van der Waals surface area contributed by atoms with E-state index in [2.05, 4.69) is 44.7 Å². The number of carbonyl (C=O) groups is 1. The maximum atomic E-state index is 13.4. The quantitative estimate of drug-likeness (QED) is 0.815. The molecule has 1 heterocycles. The molecule has 2 aromatic carbocycles. The molecule has 1 amide bonds. The Hall–Kier alpha value is -2.53. The molecule has 0 radical (unpaired) electrons. The summed E-state index contributed by atoms with van der Waals surface area (Å²) in [5.74, 6) is 0.507. The van der Waals surface area contributed by atoms with Gasteiger partial charge in [0, 0.05) is 17.8 Å². The number of nitrogens with one attached hydrogen (secondary N) is 1. The fourth-order valence-electron chi connectivity index (χ4n) is 3.97. The van der Waals surface area contributed by atoms with E-state index in [0.717, 1.165) is 37.4 Å². The summed E-state index contributed by atoms with van der Waals surface area (Å²) in [6.07, 6.45) is 0. The van der Waals surface area contributed by atoms with Crippen molar-refractivity contribution in [3.8, 4) is 5.75 Å². The van der Waals surface area contributed by atoms with Gasteiger partial charge in [-0.1, -0.05) is 30.3 Å². The fourth-order valence-corrected chi connectivity index (χ4v) is 3.97. The molecule has 1 aliphatic heterocycles. The van der Waals surface area contributed by atoms with E-state index < -0.39 is 0 Å². The van der Waals surface area contributed by atoms with Crippen LogP contribution in [0.1, 0.15) is 33.3 Å². The summed E-state index contributed by atoms with van der Waals surface area (Å²) in [5, 5.41) is 9.49. The Kier molecular flexibility index (Phi) is 6.48. The number of phenols is 1. The molecule has 0 aromatic heterocycles. The highest BCUT2D eigenvalue weighted by Crippen LogP contribution is 2.20. The van der Waals surface area contributed by atoms with Gasteiger partial charge in [0.2, 0.25) is 0 Å². The number of phenolic OH excluding ortho intramolecular Hbond substituents is 1. The molecular weight excluding hydrogens is 362 g/mol. The highest BCUT2D eigenvalue weighted by molar-refractivity contribution is 5.81. The van der Waals surface area contributed by atoms with Crippen molar-refractivity contribution in [2.75, 3.05) is 31.1 Å². The Morgan fingerprint density at radius 3 is 2.21 bits per heavy atom. The molecule has 3 rings (SSSR count). The molecule has 29 heavy (non-hydrogen) atoms. The zero-order valence-corrected chi connectivity index (χ0v) is 18.1. The van der Waals surface area contributed by atoms with Crippen LogP contribution in [-0.2, 0) is 11.3 Å². The van der Waals surface area contributed by atoms with Crippen LogP contribution in [0.25, 0.3) is 0 Å². The molecule has 2 N–H and O–H groups in total. The molecule has 156 valence electrons. The Balaban J connectivity index is 1.64. The smallest absolute Gasteiger partial charge is 0.281 e. The van der Waals surface area contributed by atoms with Crippen LogP contribution in [-0.4, -0.2) is 53.7 Å². The van der Waals surface area contributed by atoms with Gasteiger partial charge < -0.3 is 19.8 Å². The van der Waals surface area contributed by atoms with E-state index >= 15 is 0 Å². The summed E-state index contributed by atoms with van der Waals surface area (Å²) in [4.78, 5) is 19.1. The van der Waals surface area contributed by atoms with Crippen molar-refractivity contribution in [2.24, 2.45) is 0 Å². The first-order valence-corrected chi connectivity index (χ1v) is 10.5. The topological polar surface area (TPSA) is 48.2 Å². The van der Waals surface area contributed by atoms with Crippen molar-refractivity contribution < 1.29 is 14.8 Å². The number of hydrogen-bond donors (Lipinski definition) is 2. The summed E-state index contributed by atoms with van der Waals surface area (Å²) in [6.45, 7) is 12.7. The third-order valence-corrected chi connectivity index (χ3v) is 5.86. The second-order valence-corrected chi connectivity index (χ2v) is 8.96. The first-order chi connectivity index (χ1) is 13.8. The highest BCUT2D eigenvalue weighted by atomic mass is 16.3. The average molecular weight is 397 g/mol. The van der Waals surface area contributed by atoms with Crippen molar-refractivity contribution in [3.05, 3.63) is 60.2 Å². The van der Waals surface area contributed by atoms with E-state index in [1.54, 1.807) is 12.1 Å². The monoisotopic (exact) mass is 396 g/mol. The number of benzene rings is 2. The number of nitrogens with zero attached hydrogens (tertiary/aromatic N) is 2. The lowest BCUT2D eigenvalue weighted by molar-refractivity contribution is -0.915. The van der Waals surface area contributed by atoms with E-state index in [0.29, 0.717) is 6.54 Å². The lowest BCUT2D eigenvalue weighted by Gasteiger charge is -2.41. The Morgan fingerprint density at radius 1 is 1.07 bits per heavy atom. The van der Waals surface area contributed by atoms with Gasteiger partial charge >= 0.3 is 0 Å². The van der Waals surface area contributed by atoms with E-state index in [9.17, 15) is 9.90 Å². The van der Waals surface area contributed by atoms with Crippen molar-refractivity contribution in [3.63, 3.8) is 0 Å². The van der Waals surface area contributed by atoms with Crippen LogP contribution in [0.2, 0.25) is 0 Å². The molecule has 0 bridgehead atoms. The van der Waals surface area contributed by atoms with Crippen LogP contribution in [0.3, 0.4) is 0 Å². The molecule has 1 aliphatic rings. The van der Waals surface area contributed by atoms with Gasteiger partial charge in [0.15, 0.2) is 6.04 Å². The van der Waals surface area contributed by atoms with Gasteiger partial charge in [-0.3, -0.25) is 4.79 Å². The second-order valence-electron chi connectivity index (χ2n) is 8.96. The molecule has 5 heteroatoms. The van der Waals surface area contributed by atoms with E-state index in [4.69, 9.17) is 0 Å². The van der Waals surface area contributed by atoms with Crippen molar-refractivity contribution in [1.82, 2.24) is 4.90 Å². The van der Waals surface area contributed by atoms with Crippen molar-refractivity contribution in [1.29, 1.82) is 0 Å². The van der Waals surface area contributed by atoms with Crippen LogP contribution < -0.4 is 9.80 Å². The number of rotatable bonds is 5. The molecule has 0 unspecified atom stereocenters. The van der Waals surface area contributed by atoms with Gasteiger partial charge in [-0.25, -0.2) is 0 Å². The molecular formula is C24H34N3O2+. The van der Waals surface area contributed by atoms with Crippen LogP contribution >= 0.6 is 0 Å². The second kappa shape index (κ2) is 8.87. The zero-order valence-electron chi connectivity index (χ0n) is 18.1. The minimum absolute atomic E-state index is 0.0695. The SMILES string of the molecule is C[C@@H](C(=O)N(Cc1ccccc1)C(C)(C)C)[NH+]1CCN(c2ccc(O)cc2)CC1. The Bertz CT molecular complexity index is 791. The van der Waals surface area contributed by atoms with Crippen LogP contribution in [0.15, 0.2) is 54.6 Å². The van der Waals surface area contributed by atoms with E-state index in [1.807, 2.05) is 35.2 Å². The molecule has 1 atom stereocenters. The molecule has 5 nitrogen and oxygen atoms in total. The summed E-state index contributed by atoms with van der Waals surface area (Å²) < 4.78 is 0. The van der Waals surface area contributed by atoms with Crippen LogP contribution in [0.4, 0.5) is 5.69 Å². The van der Waals surface area contributed by atoms with E-state index in [-0.39, 0.29) is 23.2 Å². The fraction of sp³-hybridized carbons (Fsp3) is 0.458. The third-order valence-electron chi connectivity index (χ3n) is 5.86. The normalized spacial score (nSPS) is 16.5. The molecule has 2 aromatic rings. The maximum absolute atomic E-state index is 13.4. The van der Waals surface area contributed by atoms with Gasteiger partial charge in [-0.15, -0.1) is 0 Å². The first kappa shape index (κ1) is 21.2. The Morgan fingerprint density at radius 2 is 1.66 bits per heavy atom. The van der Waals surface area contributed by atoms with Crippen LogP contribution in [0.5, 0.6) is 5.75 Å². The number of hydrogen-bond acceptors (Lipinski definition) is 3. The average Bonchev–Trinajstić information content (AvgIpc) is 2.72. The summed E-state index contributed by atoms with van der Waals surface area (Å²) in [6, 6.07) is 17.5. The molecule has 0 spiro atoms. The minimum Gasteiger partial charge on any atom is -0.508 e. The lowest BCUT2D eigenvalue weighted by atomic mass is 10.0. The van der Waals surface area contributed by atoms with Gasteiger partial charge in [0.1, 0.15) is 5.75 Å². The predicted molar refractivity (Wildman–Crippen MR) is 117 cm³/mol. The molecule has 0 saturated carbocycles. The number of amides is 1. The maximum Gasteiger partial charge on any atom is 0.281 e. The van der Waals surface area contributed by atoms with Gasteiger partial charge in [-0.05, 0) is 57.5 Å². The number of piperazine rings is 1. The molecule has 0 aliphatic carbocycles. The third kappa shape index (κ3) is 5.30. The number of aromatic hydroxyl groups is 1. The predicted octanol–water partition coefficient (Wildman–Crippen LogP) is 2.31. The minimum atomic E-state index is -0.228. The summed E-state index contributed by atoms with van der Waals surface area (Å²) in [7, 11) is 0. The largest absolute Gasteiger partial charge is 0.508 e. The highest BCUT2D eigenvalue weighted by Gasteiger charge is 2.36. The van der Waals surface area contributed by atoms with Crippen LogP contribution in [0, 0.1) is 0 Å². The standard InChI is InChI=1S/C24H33N3O2/c1-19(23(29)27(24(2,3)4)18-20-8-6-5-7-9-20)25-14-16-26(17-15-25)21-10-12-22(28)13-11-21/h5-13,19,28H,14-18H2,1-4H3/p+1/t19-/m0/s1. The van der Waals surface area contributed by atoms with Gasteiger partial charge in [0.25, 0.3) is 5.91 Å². The number of anilines is 1. The van der Waals surface area contributed by atoms with Gasteiger partial charge in [0.05, 0.1) is 26.2 Å². The summed E-state index contributed by atoms with van der Waals surface area (Å²) >= 11 is 0.